The number of allylic oxidation sites excluding steroid dienone is 3. The van der Waals surface area contributed by atoms with Crippen molar-refractivity contribution in [1.82, 2.24) is 4.73 Å². The van der Waals surface area contributed by atoms with Gasteiger partial charge in [-0.25, -0.2) is 4.79 Å². The van der Waals surface area contributed by atoms with Gasteiger partial charge in [-0.2, -0.15) is 0 Å². The first-order valence-electron chi connectivity index (χ1n) is 8.23. The van der Waals surface area contributed by atoms with Gasteiger partial charge in [0, 0.05) is 18.1 Å². The van der Waals surface area contributed by atoms with Gasteiger partial charge in [-0.3, -0.25) is 4.84 Å². The minimum absolute atomic E-state index is 0.0151. The molecular formula is C19H17NO6. The van der Waals surface area contributed by atoms with Gasteiger partial charge in [-0.1, -0.05) is 18.2 Å². The van der Waals surface area contributed by atoms with Gasteiger partial charge in [-0.05, 0) is 47.2 Å². The van der Waals surface area contributed by atoms with E-state index in [2.05, 4.69) is 12.2 Å². The SMILES string of the molecule is O=C(OCC1C2=CCCC=C2c2ccc(O)cc21)On1c(O)ccc1O. The first-order chi connectivity index (χ1) is 12.5. The van der Waals surface area contributed by atoms with Crippen molar-refractivity contribution in [3.05, 3.63) is 59.2 Å². The van der Waals surface area contributed by atoms with E-state index < -0.39 is 17.9 Å². The summed E-state index contributed by atoms with van der Waals surface area (Å²) in [4.78, 5) is 16.7. The summed E-state index contributed by atoms with van der Waals surface area (Å²) in [6.07, 6.45) is 5.07. The molecule has 7 nitrogen and oxygen atoms in total. The van der Waals surface area contributed by atoms with E-state index in [1.807, 2.05) is 6.07 Å². The lowest BCUT2D eigenvalue weighted by Crippen LogP contribution is -2.22. The largest absolute Gasteiger partial charge is 0.534 e. The van der Waals surface area contributed by atoms with E-state index in [-0.39, 0.29) is 18.3 Å². The third-order valence-electron chi connectivity index (χ3n) is 4.60. The van der Waals surface area contributed by atoms with E-state index >= 15 is 0 Å². The quantitative estimate of drug-likeness (QED) is 0.732. The lowest BCUT2D eigenvalue weighted by Gasteiger charge is -2.16. The average molecular weight is 355 g/mol. The molecule has 1 atom stereocenters. The number of nitrogens with zero attached hydrogens (tertiary/aromatic N) is 1. The Hall–Kier alpha value is -3.35. The summed E-state index contributed by atoms with van der Waals surface area (Å²) in [5.41, 5.74) is 4.09. The normalized spacial score (nSPS) is 17.8. The Morgan fingerprint density at radius 1 is 1.08 bits per heavy atom. The zero-order chi connectivity index (χ0) is 18.3. The molecular weight excluding hydrogens is 338 g/mol. The van der Waals surface area contributed by atoms with Crippen molar-refractivity contribution in [3.63, 3.8) is 0 Å². The van der Waals surface area contributed by atoms with Crippen LogP contribution in [0.25, 0.3) is 5.57 Å². The molecule has 0 aliphatic heterocycles. The molecule has 1 aromatic heterocycles. The molecule has 0 amide bonds. The average Bonchev–Trinajstić information content (AvgIpc) is 3.11. The maximum absolute atomic E-state index is 11.9. The number of hydrogen-bond acceptors (Lipinski definition) is 6. The van der Waals surface area contributed by atoms with Crippen molar-refractivity contribution in [2.45, 2.75) is 18.8 Å². The van der Waals surface area contributed by atoms with E-state index in [1.54, 1.807) is 12.1 Å². The number of hydrogen-bond donors (Lipinski definition) is 3. The van der Waals surface area contributed by atoms with Crippen LogP contribution < -0.4 is 4.84 Å². The predicted molar refractivity (Wildman–Crippen MR) is 91.8 cm³/mol. The van der Waals surface area contributed by atoms with Crippen LogP contribution in [0.4, 0.5) is 4.79 Å². The first kappa shape index (κ1) is 16.1. The summed E-state index contributed by atoms with van der Waals surface area (Å²) in [5, 5.41) is 28.8. The molecule has 0 bridgehead atoms. The number of benzene rings is 1. The molecule has 1 aromatic carbocycles. The highest BCUT2D eigenvalue weighted by Crippen LogP contribution is 2.48. The van der Waals surface area contributed by atoms with E-state index in [0.717, 1.165) is 35.1 Å². The van der Waals surface area contributed by atoms with Gasteiger partial charge >= 0.3 is 6.16 Å². The fraction of sp³-hybridized carbons (Fsp3) is 0.211. The minimum atomic E-state index is -1.05. The third-order valence-corrected chi connectivity index (χ3v) is 4.60. The second-order valence-corrected chi connectivity index (χ2v) is 6.18. The monoisotopic (exact) mass is 355 g/mol. The number of aromatic hydroxyl groups is 3. The van der Waals surface area contributed by atoms with E-state index in [0.29, 0.717) is 4.73 Å². The standard InChI is InChI=1S/C19H17NO6/c21-11-5-6-14-12-3-1-2-4-13(12)16(15(14)9-11)10-25-19(24)26-20-17(22)7-8-18(20)23/h3-9,16,21-23H,1-2,10H2. The highest BCUT2D eigenvalue weighted by Gasteiger charge is 2.33. The number of aromatic nitrogens is 1. The molecule has 3 N–H and O–H groups in total. The van der Waals surface area contributed by atoms with Crippen molar-refractivity contribution in [2.24, 2.45) is 0 Å². The molecule has 4 rings (SSSR count). The molecule has 0 saturated heterocycles. The predicted octanol–water partition coefficient (Wildman–Crippen LogP) is 3.07. The van der Waals surface area contributed by atoms with Crippen molar-refractivity contribution < 1.29 is 29.7 Å². The van der Waals surface area contributed by atoms with Crippen molar-refractivity contribution in [3.8, 4) is 17.5 Å². The maximum atomic E-state index is 11.9. The van der Waals surface area contributed by atoms with Crippen LogP contribution in [0.3, 0.4) is 0 Å². The Labute approximate surface area is 149 Å². The summed E-state index contributed by atoms with van der Waals surface area (Å²) in [6, 6.07) is 7.55. The second kappa shape index (κ2) is 6.18. The van der Waals surface area contributed by atoms with Gasteiger partial charge in [0.1, 0.15) is 12.4 Å². The Balaban J connectivity index is 1.53. The Morgan fingerprint density at radius 3 is 2.58 bits per heavy atom. The highest BCUT2D eigenvalue weighted by atomic mass is 16.8. The van der Waals surface area contributed by atoms with Gasteiger partial charge in [0.15, 0.2) is 0 Å². The molecule has 0 radical (unpaired) electrons. The summed E-state index contributed by atoms with van der Waals surface area (Å²) in [7, 11) is 0. The van der Waals surface area contributed by atoms with Crippen LogP contribution in [0.5, 0.6) is 17.5 Å². The number of carbonyl (C=O) groups excluding carboxylic acids is 1. The molecule has 2 aliphatic carbocycles. The fourth-order valence-corrected chi connectivity index (χ4v) is 3.47. The molecule has 2 aliphatic rings. The van der Waals surface area contributed by atoms with Crippen molar-refractivity contribution in [1.29, 1.82) is 0 Å². The maximum Gasteiger partial charge on any atom is 0.534 e. The molecule has 26 heavy (non-hydrogen) atoms. The van der Waals surface area contributed by atoms with Crippen LogP contribution in [0.2, 0.25) is 0 Å². The van der Waals surface area contributed by atoms with Crippen LogP contribution in [-0.2, 0) is 4.74 Å². The summed E-state index contributed by atoms with van der Waals surface area (Å²) < 4.78 is 5.77. The molecule has 1 heterocycles. The van der Waals surface area contributed by atoms with Gasteiger partial charge < -0.3 is 20.1 Å². The number of fused-ring (bicyclic) bond motifs is 3. The zero-order valence-corrected chi connectivity index (χ0v) is 13.8. The van der Waals surface area contributed by atoms with Crippen LogP contribution in [0.15, 0.2) is 48.1 Å². The summed E-state index contributed by atoms with van der Waals surface area (Å²) in [5.74, 6) is -0.895. The van der Waals surface area contributed by atoms with Gasteiger partial charge in [0.25, 0.3) is 0 Å². The Bertz CT molecular complexity index is 920. The number of phenols is 1. The lowest BCUT2D eigenvalue weighted by atomic mass is 9.93. The smallest absolute Gasteiger partial charge is 0.508 e. The molecule has 1 unspecified atom stereocenters. The number of ether oxygens (including phenoxy) is 1. The van der Waals surface area contributed by atoms with Crippen molar-refractivity contribution in [2.75, 3.05) is 6.61 Å². The van der Waals surface area contributed by atoms with Gasteiger partial charge in [-0.15, -0.1) is 4.73 Å². The summed E-state index contributed by atoms with van der Waals surface area (Å²) in [6.45, 7) is 0.0151. The minimum Gasteiger partial charge on any atom is -0.508 e. The van der Waals surface area contributed by atoms with Crippen LogP contribution >= 0.6 is 0 Å². The highest BCUT2D eigenvalue weighted by molar-refractivity contribution is 5.89. The second-order valence-electron chi connectivity index (χ2n) is 6.18. The van der Waals surface area contributed by atoms with Gasteiger partial charge in [0.05, 0.1) is 0 Å². The van der Waals surface area contributed by atoms with Gasteiger partial charge in [0.2, 0.25) is 11.8 Å². The lowest BCUT2D eigenvalue weighted by molar-refractivity contribution is 0.0340. The number of carbonyl (C=O) groups is 1. The van der Waals surface area contributed by atoms with Crippen LogP contribution in [-0.4, -0.2) is 32.8 Å². The van der Waals surface area contributed by atoms with Crippen LogP contribution in [0.1, 0.15) is 29.9 Å². The van der Waals surface area contributed by atoms with E-state index in [1.165, 1.54) is 12.1 Å². The summed E-state index contributed by atoms with van der Waals surface area (Å²) >= 11 is 0. The van der Waals surface area contributed by atoms with E-state index in [9.17, 15) is 20.1 Å². The zero-order valence-electron chi connectivity index (χ0n) is 13.8. The Kier molecular flexibility index (Phi) is 3.84. The van der Waals surface area contributed by atoms with Crippen molar-refractivity contribution >= 4 is 11.7 Å². The van der Waals surface area contributed by atoms with E-state index in [4.69, 9.17) is 9.57 Å². The molecule has 2 aromatic rings. The topological polar surface area (TPSA) is 101 Å². The molecule has 0 saturated carbocycles. The molecule has 0 fully saturated rings. The third kappa shape index (κ3) is 2.67. The first-order valence-corrected chi connectivity index (χ1v) is 8.23. The molecule has 134 valence electrons. The number of phenolic OH excluding ortho intramolecular Hbond substituents is 1. The molecule has 7 heteroatoms. The fourth-order valence-electron chi connectivity index (χ4n) is 3.47. The molecule has 0 spiro atoms. The Morgan fingerprint density at radius 2 is 1.81 bits per heavy atom. The van der Waals surface area contributed by atoms with Crippen LogP contribution in [0, 0.1) is 0 Å². The number of rotatable bonds is 3.